The highest BCUT2D eigenvalue weighted by molar-refractivity contribution is 7.90. The van der Waals surface area contributed by atoms with Gasteiger partial charge in [0.2, 0.25) is 5.91 Å². The third kappa shape index (κ3) is 18.1. The molecule has 0 saturated carbocycles. The maximum absolute atomic E-state index is 13.5. The highest BCUT2D eigenvalue weighted by atomic mass is 35.5. The summed E-state index contributed by atoms with van der Waals surface area (Å²) < 4.78 is 45.9. The molecular formula is C90H79Cl4FN20O3S. The molecule has 0 N–H and O–H groups in total. The number of amides is 1. The van der Waals surface area contributed by atoms with E-state index in [1.807, 2.05) is 236 Å². The molecule has 11 heterocycles. The number of carbonyl (C=O) groups is 1. The summed E-state index contributed by atoms with van der Waals surface area (Å²) in [6, 6.07) is 75.0. The Morgan fingerprint density at radius 2 is 0.731 bits per heavy atom. The van der Waals surface area contributed by atoms with Crippen molar-refractivity contribution in [3.05, 3.63) is 280 Å². The first-order valence-electron chi connectivity index (χ1n) is 38.9. The Labute approximate surface area is 705 Å². The Morgan fingerprint density at radius 3 is 1.05 bits per heavy atom. The second-order valence-corrected chi connectivity index (χ2v) is 32.8. The van der Waals surface area contributed by atoms with Crippen molar-refractivity contribution in [1.82, 2.24) is 99.3 Å². The first kappa shape index (κ1) is 80.4. The van der Waals surface area contributed by atoms with Crippen molar-refractivity contribution in [2.75, 3.05) is 44.7 Å². The molecule has 119 heavy (non-hydrogen) atoms. The maximum atomic E-state index is 13.5. The number of aryl methyl sites for hydroxylation is 5. The van der Waals surface area contributed by atoms with Crippen LogP contribution in [0.15, 0.2) is 249 Å². The number of sulfone groups is 1. The SMILES string of the molecule is CS(=O)(=O)CCn1nc(-c2ccccc2)c2c(Cl)c(-c3ccccc3)nnc21.Cc1cccc(-c2nn(CCN3CCCC3=O)c3nnc(-c4ccccc4)c(Cl)c23)c1.Cc1cccc(-c2nn(CCn3ccnc3)c3nnc(-c4ccccc4)c(Cl)c23)c1.F[C@H]1CCN(CCn2nc(-c3ccccc3)c3c(Cl)c(-c4ccccc4)nnc32)C1. The molecule has 23 nitrogen and oxygen atoms in total. The Hall–Kier alpha value is -12.4. The number of likely N-dealkylation sites (tertiary alicyclic amines) is 2. The van der Waals surface area contributed by atoms with Gasteiger partial charge in [-0.3, -0.25) is 9.69 Å². The van der Waals surface area contributed by atoms with Crippen LogP contribution < -0.4 is 0 Å². The zero-order chi connectivity index (χ0) is 82.1. The fraction of sp³-hybridized carbons (Fsp3) is 0.200. The average molecular weight is 1680 g/mol. The van der Waals surface area contributed by atoms with Gasteiger partial charge in [0, 0.05) is 109 Å². The van der Waals surface area contributed by atoms with Gasteiger partial charge in [-0.05, 0) is 38.8 Å². The first-order valence-corrected chi connectivity index (χ1v) is 42.5. The van der Waals surface area contributed by atoms with E-state index in [1.54, 1.807) is 17.2 Å². The molecule has 1 amide bonds. The molecule has 1 atom stereocenters. The Bertz CT molecular complexity index is 6570. The minimum Gasteiger partial charge on any atom is -0.341 e. The molecule has 2 saturated heterocycles. The van der Waals surface area contributed by atoms with Crippen LogP contribution >= 0.6 is 46.4 Å². The molecule has 2 fully saturated rings. The van der Waals surface area contributed by atoms with Crippen LogP contribution in [0.2, 0.25) is 20.1 Å². The number of nitrogens with zero attached hydrogens (tertiary/aromatic N) is 20. The predicted molar refractivity (Wildman–Crippen MR) is 468 cm³/mol. The summed E-state index contributed by atoms with van der Waals surface area (Å²) in [7, 11) is -3.15. The molecule has 2 aliphatic rings. The number of aromatic nitrogens is 18. The summed E-state index contributed by atoms with van der Waals surface area (Å²) in [6.07, 6.45) is 8.09. The number of alkyl halides is 1. The second kappa shape index (κ2) is 36.2. The van der Waals surface area contributed by atoms with E-state index in [4.69, 9.17) is 61.7 Å². The molecule has 19 rings (SSSR count). The topological polar surface area (TPSA) is 250 Å². The summed E-state index contributed by atoms with van der Waals surface area (Å²) in [4.78, 5) is 20.1. The minimum absolute atomic E-state index is 0.0439. The molecule has 17 aromatic rings. The van der Waals surface area contributed by atoms with Gasteiger partial charge in [0.15, 0.2) is 22.6 Å². The molecule has 9 aromatic heterocycles. The van der Waals surface area contributed by atoms with Gasteiger partial charge in [-0.1, -0.05) is 276 Å². The van der Waals surface area contributed by atoms with Gasteiger partial charge < -0.3 is 9.47 Å². The van der Waals surface area contributed by atoms with Gasteiger partial charge in [0.1, 0.15) is 61.6 Å². The summed E-state index contributed by atoms with van der Waals surface area (Å²) in [6.45, 7) is 10.2. The fourth-order valence-corrected chi connectivity index (χ4v) is 16.4. The van der Waals surface area contributed by atoms with Crippen LogP contribution in [0.3, 0.4) is 0 Å². The molecule has 0 radical (unpaired) electrons. The van der Waals surface area contributed by atoms with Crippen molar-refractivity contribution in [3.8, 4) is 90.1 Å². The quantitative estimate of drug-likeness (QED) is 0.0687. The van der Waals surface area contributed by atoms with E-state index in [9.17, 15) is 17.6 Å². The largest absolute Gasteiger partial charge is 0.341 e. The van der Waals surface area contributed by atoms with Crippen molar-refractivity contribution >= 4 is 106 Å². The molecule has 0 bridgehead atoms. The number of rotatable bonds is 20. The maximum Gasteiger partial charge on any atom is 0.222 e. The lowest BCUT2D eigenvalue weighted by Gasteiger charge is -2.15. The monoisotopic (exact) mass is 1680 g/mol. The lowest BCUT2D eigenvalue weighted by atomic mass is 10.1. The van der Waals surface area contributed by atoms with E-state index in [0.29, 0.717) is 129 Å². The van der Waals surface area contributed by atoms with E-state index in [2.05, 4.69) is 93.9 Å². The van der Waals surface area contributed by atoms with Gasteiger partial charge in [0.05, 0.1) is 79.9 Å². The zero-order valence-corrected chi connectivity index (χ0v) is 69.0. The van der Waals surface area contributed by atoms with Crippen molar-refractivity contribution in [3.63, 3.8) is 0 Å². The van der Waals surface area contributed by atoms with Crippen molar-refractivity contribution in [2.45, 2.75) is 72.0 Å². The number of imidazole rings is 1. The van der Waals surface area contributed by atoms with Crippen LogP contribution in [0.5, 0.6) is 0 Å². The van der Waals surface area contributed by atoms with Crippen LogP contribution in [-0.2, 0) is 47.4 Å². The Morgan fingerprint density at radius 1 is 0.395 bits per heavy atom. The first-order chi connectivity index (χ1) is 58.0. The van der Waals surface area contributed by atoms with Gasteiger partial charge in [-0.2, -0.15) is 20.4 Å². The lowest BCUT2D eigenvalue weighted by Crippen LogP contribution is -2.28. The Kier molecular flexibility index (Phi) is 24.5. The standard InChI is InChI=1S/C24H22ClN5O.C23H21ClFN5.C23H19ClN6.C20H17ClN4O2S/c1-16-7-5-10-18(15-16)22-20-21(25)23(17-8-3-2-4-9-17)26-27-24(20)30(28-22)14-13-29-12-6-11-19(29)31;24-20-19-21(16-7-3-1-4-8-16)28-30(14-13-29-12-11-18(25)15-29)23(19)27-26-22(20)17-9-5-2-6-10-17;1-16-6-5-9-18(14-16)21-19-20(24)22(17-7-3-2-4-8-17)26-27-23(19)30(28-21)13-12-29-11-10-25-15-29;1-28(26,27)13-12-25-20-16(18(24-25)14-8-4-2-5-9-14)17(21)19(22-23-20)15-10-6-3-7-11-15/h2-5,7-10,15H,6,11-14H2,1H3;1-10,18H,11-15H2;2-11,14-15H,12-13H2,1H3;2-11H,12-13H2,1H3/t;18-;;/m.0../s1. The van der Waals surface area contributed by atoms with E-state index in [-0.39, 0.29) is 18.2 Å². The normalized spacial score (nSPS) is 13.6. The molecule has 8 aromatic carbocycles. The molecule has 0 unspecified atom stereocenters. The second-order valence-electron chi connectivity index (χ2n) is 29.1. The van der Waals surface area contributed by atoms with E-state index in [1.165, 1.54) is 6.26 Å². The number of hydrogen-bond donors (Lipinski definition) is 0. The lowest BCUT2D eigenvalue weighted by molar-refractivity contribution is -0.127. The van der Waals surface area contributed by atoms with Crippen LogP contribution in [0, 0.1) is 13.8 Å². The van der Waals surface area contributed by atoms with E-state index >= 15 is 0 Å². The third-order valence-corrected chi connectivity index (χ3v) is 23.1. The van der Waals surface area contributed by atoms with Crippen LogP contribution in [0.1, 0.15) is 30.4 Å². The number of fused-ring (bicyclic) bond motifs is 4. The van der Waals surface area contributed by atoms with Crippen LogP contribution in [0.4, 0.5) is 4.39 Å². The molecule has 0 aliphatic carbocycles. The summed E-state index contributed by atoms with van der Waals surface area (Å²) in [5.74, 6) is 0.156. The number of halogens is 5. The summed E-state index contributed by atoms with van der Waals surface area (Å²) in [5.41, 5.74) is 17.7. The van der Waals surface area contributed by atoms with Gasteiger partial charge in [-0.15, -0.1) is 40.8 Å². The van der Waals surface area contributed by atoms with Crippen LogP contribution in [-0.4, -0.2) is 164 Å². The minimum atomic E-state index is -3.15. The fourth-order valence-electron chi connectivity index (χ4n) is 14.7. The summed E-state index contributed by atoms with van der Waals surface area (Å²) >= 11 is 27.5. The molecule has 29 heteroatoms. The van der Waals surface area contributed by atoms with Gasteiger partial charge >= 0.3 is 0 Å². The number of hydrogen-bond acceptors (Lipinski definition) is 17. The number of carbonyl (C=O) groups excluding carboxylic acids is 1. The third-order valence-electron chi connectivity index (χ3n) is 20.7. The van der Waals surface area contributed by atoms with Gasteiger partial charge in [-0.25, -0.2) is 36.5 Å². The Balaban J connectivity index is 0.000000118. The molecular weight excluding hydrogens is 1600 g/mol. The van der Waals surface area contributed by atoms with Crippen molar-refractivity contribution < 1.29 is 17.6 Å². The molecule has 598 valence electrons. The predicted octanol–water partition coefficient (Wildman–Crippen LogP) is 18.5. The molecule has 0 spiro atoms. The smallest absolute Gasteiger partial charge is 0.222 e. The summed E-state index contributed by atoms with van der Waals surface area (Å²) in [5, 5.41) is 59.9. The average Bonchev–Trinajstić information content (AvgIpc) is 1.64. The van der Waals surface area contributed by atoms with E-state index < -0.39 is 16.0 Å². The van der Waals surface area contributed by atoms with E-state index in [0.717, 1.165) is 115 Å². The highest BCUT2D eigenvalue weighted by Gasteiger charge is 2.29. The number of benzene rings is 8. The van der Waals surface area contributed by atoms with Crippen LogP contribution in [0.25, 0.3) is 134 Å². The highest BCUT2D eigenvalue weighted by Crippen LogP contribution is 2.43. The zero-order valence-electron chi connectivity index (χ0n) is 65.1. The van der Waals surface area contributed by atoms with Crippen molar-refractivity contribution in [1.29, 1.82) is 0 Å². The van der Waals surface area contributed by atoms with Crippen molar-refractivity contribution in [2.24, 2.45) is 0 Å². The molecule has 2 aliphatic heterocycles. The van der Waals surface area contributed by atoms with Gasteiger partial charge in [0.25, 0.3) is 0 Å².